The van der Waals surface area contributed by atoms with E-state index in [1.807, 2.05) is 6.92 Å². The van der Waals surface area contributed by atoms with Crippen LogP contribution in [0.25, 0.3) is 10.2 Å². The van der Waals surface area contributed by atoms with E-state index in [1.54, 1.807) is 11.3 Å². The summed E-state index contributed by atoms with van der Waals surface area (Å²) in [5.41, 5.74) is 2.22. The number of hydrogen-bond acceptors (Lipinski definition) is 3. The van der Waals surface area contributed by atoms with E-state index in [9.17, 15) is 5.11 Å². The van der Waals surface area contributed by atoms with E-state index >= 15 is 0 Å². The van der Waals surface area contributed by atoms with E-state index in [1.165, 1.54) is 9.71 Å². The lowest BCUT2D eigenvalue weighted by molar-refractivity contribution is 0.195. The number of aliphatic hydroxyl groups excluding tert-OH is 1. The fourth-order valence-electron chi connectivity index (χ4n) is 1.71. The molecule has 0 spiro atoms. The van der Waals surface area contributed by atoms with E-state index < -0.39 is 0 Å². The number of benzene rings is 1. The Hall–Kier alpha value is -0.930. The third-order valence-electron chi connectivity index (χ3n) is 2.49. The van der Waals surface area contributed by atoms with E-state index in [-0.39, 0.29) is 6.10 Å². The Balaban J connectivity index is 2.38. The molecular weight excluding hydrogens is 218 g/mol. The molecule has 1 heterocycles. The van der Waals surface area contributed by atoms with Crippen LogP contribution in [0.15, 0.2) is 18.2 Å². The number of thiazole rings is 1. The molecule has 0 aliphatic heterocycles. The average molecular weight is 235 g/mol. The Morgan fingerprint density at radius 2 is 2.06 bits per heavy atom. The lowest BCUT2D eigenvalue weighted by Gasteiger charge is -2.03. The maximum absolute atomic E-state index is 9.35. The van der Waals surface area contributed by atoms with Crippen LogP contribution in [-0.2, 0) is 6.42 Å². The van der Waals surface area contributed by atoms with E-state index in [0.29, 0.717) is 12.3 Å². The largest absolute Gasteiger partial charge is 0.393 e. The van der Waals surface area contributed by atoms with Crippen molar-refractivity contribution in [3.63, 3.8) is 0 Å². The minimum atomic E-state index is -0.291. The lowest BCUT2D eigenvalue weighted by atomic mass is 10.1. The highest BCUT2D eigenvalue weighted by Crippen LogP contribution is 2.28. The van der Waals surface area contributed by atoms with Crippen molar-refractivity contribution in [1.29, 1.82) is 0 Å². The smallest absolute Gasteiger partial charge is 0.0963 e. The van der Waals surface area contributed by atoms with Crippen LogP contribution in [0.3, 0.4) is 0 Å². The Morgan fingerprint density at radius 3 is 2.69 bits per heavy atom. The number of aromatic nitrogens is 1. The summed E-state index contributed by atoms with van der Waals surface area (Å²) >= 11 is 1.76. The molecule has 0 radical (unpaired) electrons. The summed E-state index contributed by atoms with van der Waals surface area (Å²) in [5, 5.41) is 10.5. The number of aliphatic hydroxyl groups is 1. The van der Waals surface area contributed by atoms with Gasteiger partial charge in [0.05, 0.1) is 21.3 Å². The number of rotatable bonds is 3. The molecule has 1 unspecified atom stereocenters. The Labute approximate surface area is 100.0 Å². The van der Waals surface area contributed by atoms with Crippen molar-refractivity contribution in [2.45, 2.75) is 39.2 Å². The standard InChI is InChI=1S/C13H17NOS/c1-8(2)13-14-11-7-10(6-9(3)15)4-5-12(11)16-13/h4-5,7-9,15H,6H2,1-3H3. The van der Waals surface area contributed by atoms with Crippen molar-refractivity contribution in [2.24, 2.45) is 0 Å². The number of nitrogens with zero attached hydrogens (tertiary/aromatic N) is 1. The molecule has 0 amide bonds. The zero-order valence-electron chi connectivity index (χ0n) is 9.90. The Kier molecular flexibility index (Phi) is 3.26. The summed E-state index contributed by atoms with van der Waals surface area (Å²) in [6.07, 6.45) is 0.408. The molecule has 0 fully saturated rings. The molecule has 1 N–H and O–H groups in total. The molecule has 0 aliphatic rings. The molecule has 2 aromatic rings. The van der Waals surface area contributed by atoms with E-state index in [0.717, 1.165) is 11.1 Å². The summed E-state index contributed by atoms with van der Waals surface area (Å²) in [6.45, 7) is 6.13. The summed E-state index contributed by atoms with van der Waals surface area (Å²) in [4.78, 5) is 4.62. The van der Waals surface area contributed by atoms with Crippen LogP contribution in [0.5, 0.6) is 0 Å². The van der Waals surface area contributed by atoms with Crippen molar-refractivity contribution in [1.82, 2.24) is 4.98 Å². The van der Waals surface area contributed by atoms with Gasteiger partial charge in [-0.05, 0) is 31.0 Å². The van der Waals surface area contributed by atoms with E-state index in [4.69, 9.17) is 0 Å². The first-order valence-corrected chi connectivity index (χ1v) is 6.45. The van der Waals surface area contributed by atoms with Crippen molar-refractivity contribution >= 4 is 21.6 Å². The van der Waals surface area contributed by atoms with Gasteiger partial charge in [-0.3, -0.25) is 0 Å². The van der Waals surface area contributed by atoms with Gasteiger partial charge in [-0.2, -0.15) is 0 Å². The predicted octanol–water partition coefficient (Wildman–Crippen LogP) is 3.34. The normalized spacial score (nSPS) is 13.6. The van der Waals surface area contributed by atoms with Gasteiger partial charge >= 0.3 is 0 Å². The second-order valence-corrected chi connectivity index (χ2v) is 5.62. The summed E-state index contributed by atoms with van der Waals surface area (Å²) < 4.78 is 1.23. The fourth-order valence-corrected chi connectivity index (χ4v) is 2.66. The Morgan fingerprint density at radius 1 is 1.31 bits per heavy atom. The molecule has 0 saturated carbocycles. The van der Waals surface area contributed by atoms with Crippen LogP contribution in [-0.4, -0.2) is 16.2 Å². The van der Waals surface area contributed by atoms with Gasteiger partial charge in [0.15, 0.2) is 0 Å². The quantitative estimate of drug-likeness (QED) is 0.885. The SMILES string of the molecule is CC(O)Cc1ccc2sc(C(C)C)nc2c1. The van der Waals surface area contributed by atoms with Crippen LogP contribution < -0.4 is 0 Å². The highest BCUT2D eigenvalue weighted by atomic mass is 32.1. The second-order valence-electron chi connectivity index (χ2n) is 4.56. The minimum Gasteiger partial charge on any atom is -0.393 e. The van der Waals surface area contributed by atoms with Gasteiger partial charge in [0.25, 0.3) is 0 Å². The third kappa shape index (κ3) is 2.42. The molecule has 16 heavy (non-hydrogen) atoms. The monoisotopic (exact) mass is 235 g/mol. The highest BCUT2D eigenvalue weighted by Gasteiger charge is 2.08. The van der Waals surface area contributed by atoms with Crippen molar-refractivity contribution in [3.8, 4) is 0 Å². The van der Waals surface area contributed by atoms with Gasteiger partial charge < -0.3 is 5.11 Å². The second kappa shape index (κ2) is 4.52. The number of hydrogen-bond donors (Lipinski definition) is 1. The van der Waals surface area contributed by atoms with Crippen molar-refractivity contribution < 1.29 is 5.11 Å². The van der Waals surface area contributed by atoms with Gasteiger partial charge in [-0.25, -0.2) is 4.98 Å². The maximum Gasteiger partial charge on any atom is 0.0963 e. The molecule has 0 aliphatic carbocycles. The fraction of sp³-hybridized carbons (Fsp3) is 0.462. The molecule has 3 heteroatoms. The van der Waals surface area contributed by atoms with Gasteiger partial charge in [-0.1, -0.05) is 19.9 Å². The molecule has 1 aromatic carbocycles. The number of fused-ring (bicyclic) bond motifs is 1. The molecular formula is C13H17NOS. The molecule has 0 bridgehead atoms. The highest BCUT2D eigenvalue weighted by molar-refractivity contribution is 7.18. The molecule has 0 saturated heterocycles. The van der Waals surface area contributed by atoms with Gasteiger partial charge in [-0.15, -0.1) is 11.3 Å². The first-order valence-electron chi connectivity index (χ1n) is 5.63. The lowest BCUT2D eigenvalue weighted by Crippen LogP contribution is -2.03. The molecule has 2 rings (SSSR count). The summed E-state index contributed by atoms with van der Waals surface area (Å²) in [6, 6.07) is 6.28. The first kappa shape index (κ1) is 11.6. The van der Waals surface area contributed by atoms with E-state index in [2.05, 4.69) is 37.0 Å². The summed E-state index contributed by atoms with van der Waals surface area (Å²) in [7, 11) is 0. The van der Waals surface area contributed by atoms with Crippen LogP contribution in [0.1, 0.15) is 37.3 Å². The summed E-state index contributed by atoms with van der Waals surface area (Å²) in [5.74, 6) is 0.484. The van der Waals surface area contributed by atoms with Crippen LogP contribution in [0.4, 0.5) is 0 Å². The topological polar surface area (TPSA) is 33.1 Å². The van der Waals surface area contributed by atoms with Gasteiger partial charge in [0, 0.05) is 5.92 Å². The van der Waals surface area contributed by atoms with Crippen LogP contribution in [0, 0.1) is 0 Å². The third-order valence-corrected chi connectivity index (χ3v) is 3.83. The van der Waals surface area contributed by atoms with Crippen LogP contribution in [0.2, 0.25) is 0 Å². The van der Waals surface area contributed by atoms with Gasteiger partial charge in [0.2, 0.25) is 0 Å². The minimum absolute atomic E-state index is 0.291. The predicted molar refractivity (Wildman–Crippen MR) is 69.1 cm³/mol. The maximum atomic E-state index is 9.35. The van der Waals surface area contributed by atoms with Crippen molar-refractivity contribution in [2.75, 3.05) is 0 Å². The zero-order chi connectivity index (χ0) is 11.7. The molecule has 86 valence electrons. The molecule has 1 aromatic heterocycles. The van der Waals surface area contributed by atoms with Crippen molar-refractivity contribution in [3.05, 3.63) is 28.8 Å². The van der Waals surface area contributed by atoms with Gasteiger partial charge in [0.1, 0.15) is 0 Å². The molecule has 2 nitrogen and oxygen atoms in total. The average Bonchev–Trinajstić information content (AvgIpc) is 2.59. The first-order chi connectivity index (χ1) is 7.56. The molecule has 1 atom stereocenters. The Bertz CT molecular complexity index is 488. The zero-order valence-corrected chi connectivity index (χ0v) is 10.7. The van der Waals surface area contributed by atoms with Crippen LogP contribution >= 0.6 is 11.3 Å².